The van der Waals surface area contributed by atoms with E-state index in [1.165, 1.54) is 0 Å². The van der Waals surface area contributed by atoms with E-state index < -0.39 is 0 Å². The SMILES string of the molecule is Cc1cnc(-c2nc(C3CC3)c(I)c(=O)[nH]2)c(C)c1. The molecule has 0 aromatic carbocycles. The molecule has 0 saturated heterocycles. The van der Waals surface area contributed by atoms with Gasteiger partial charge < -0.3 is 4.98 Å². The van der Waals surface area contributed by atoms with Crippen LogP contribution in [0.25, 0.3) is 11.5 Å². The lowest BCUT2D eigenvalue weighted by Gasteiger charge is -2.08. The number of nitrogens with one attached hydrogen (secondary N) is 1. The Morgan fingerprint density at radius 1 is 1.37 bits per heavy atom. The van der Waals surface area contributed by atoms with Crippen LogP contribution in [-0.2, 0) is 0 Å². The maximum atomic E-state index is 12.0. The maximum absolute atomic E-state index is 12.0. The molecule has 0 atom stereocenters. The highest BCUT2D eigenvalue weighted by Gasteiger charge is 2.29. The minimum absolute atomic E-state index is 0.0609. The van der Waals surface area contributed by atoms with Gasteiger partial charge in [0.2, 0.25) is 0 Å². The van der Waals surface area contributed by atoms with Gasteiger partial charge >= 0.3 is 0 Å². The van der Waals surface area contributed by atoms with Crippen molar-refractivity contribution in [3.63, 3.8) is 0 Å². The van der Waals surface area contributed by atoms with E-state index in [-0.39, 0.29) is 5.56 Å². The highest BCUT2D eigenvalue weighted by atomic mass is 127. The Bertz CT molecular complexity index is 704. The lowest BCUT2D eigenvalue weighted by Crippen LogP contribution is -2.16. The molecule has 0 unspecified atom stereocenters. The second kappa shape index (κ2) is 4.70. The first-order chi connectivity index (χ1) is 9.06. The number of pyridine rings is 1. The third-order valence-corrected chi connectivity index (χ3v) is 4.33. The van der Waals surface area contributed by atoms with E-state index in [9.17, 15) is 4.79 Å². The van der Waals surface area contributed by atoms with Crippen molar-refractivity contribution in [3.05, 3.63) is 43.0 Å². The molecule has 19 heavy (non-hydrogen) atoms. The maximum Gasteiger partial charge on any atom is 0.264 e. The molecule has 2 aromatic heterocycles. The summed E-state index contributed by atoms with van der Waals surface area (Å²) in [5.74, 6) is 1.04. The number of nitrogens with zero attached hydrogens (tertiary/aromatic N) is 2. The summed E-state index contributed by atoms with van der Waals surface area (Å²) in [5, 5.41) is 0. The van der Waals surface area contributed by atoms with Crippen molar-refractivity contribution in [3.8, 4) is 11.5 Å². The minimum Gasteiger partial charge on any atom is -0.304 e. The summed E-state index contributed by atoms with van der Waals surface area (Å²) in [7, 11) is 0. The van der Waals surface area contributed by atoms with Crippen LogP contribution in [0.2, 0.25) is 0 Å². The third kappa shape index (κ3) is 2.43. The van der Waals surface area contributed by atoms with Gasteiger partial charge in [-0.1, -0.05) is 6.07 Å². The van der Waals surface area contributed by atoms with Gasteiger partial charge in [-0.05, 0) is 60.4 Å². The normalized spacial score (nSPS) is 14.7. The van der Waals surface area contributed by atoms with E-state index in [1.807, 2.05) is 13.8 Å². The van der Waals surface area contributed by atoms with Gasteiger partial charge in [0.1, 0.15) is 9.26 Å². The van der Waals surface area contributed by atoms with Crippen LogP contribution in [0.3, 0.4) is 0 Å². The van der Waals surface area contributed by atoms with Crippen LogP contribution in [0.15, 0.2) is 17.1 Å². The second-order valence-electron chi connectivity index (χ2n) is 5.07. The molecule has 1 aliphatic carbocycles. The average molecular weight is 367 g/mol. The Hall–Kier alpha value is -1.24. The summed E-state index contributed by atoms with van der Waals surface area (Å²) in [4.78, 5) is 23.9. The molecular weight excluding hydrogens is 353 g/mol. The molecule has 98 valence electrons. The molecule has 0 amide bonds. The molecule has 1 saturated carbocycles. The van der Waals surface area contributed by atoms with Crippen molar-refractivity contribution in [2.75, 3.05) is 0 Å². The third-order valence-electron chi connectivity index (χ3n) is 3.29. The number of rotatable bonds is 2. The van der Waals surface area contributed by atoms with Crippen LogP contribution in [-0.4, -0.2) is 15.0 Å². The molecule has 1 N–H and O–H groups in total. The first-order valence-electron chi connectivity index (χ1n) is 6.29. The zero-order chi connectivity index (χ0) is 13.6. The van der Waals surface area contributed by atoms with Crippen LogP contribution in [0.5, 0.6) is 0 Å². The second-order valence-corrected chi connectivity index (χ2v) is 6.14. The Kier molecular flexibility index (Phi) is 3.16. The van der Waals surface area contributed by atoms with Crippen molar-refractivity contribution in [1.82, 2.24) is 15.0 Å². The first kappa shape index (κ1) is 12.8. The van der Waals surface area contributed by atoms with Crippen LogP contribution < -0.4 is 5.56 Å². The van der Waals surface area contributed by atoms with Crippen molar-refractivity contribution < 1.29 is 0 Å². The van der Waals surface area contributed by atoms with Gasteiger partial charge in [0, 0.05) is 12.1 Å². The molecule has 1 fully saturated rings. The monoisotopic (exact) mass is 367 g/mol. The van der Waals surface area contributed by atoms with Crippen LogP contribution >= 0.6 is 22.6 Å². The van der Waals surface area contributed by atoms with Gasteiger partial charge in [-0.2, -0.15) is 0 Å². The summed E-state index contributed by atoms with van der Waals surface area (Å²) in [6.45, 7) is 3.99. The predicted molar refractivity (Wildman–Crippen MR) is 82.3 cm³/mol. The fraction of sp³-hybridized carbons (Fsp3) is 0.357. The fourth-order valence-electron chi connectivity index (χ4n) is 2.18. The van der Waals surface area contributed by atoms with E-state index >= 15 is 0 Å². The summed E-state index contributed by atoms with van der Waals surface area (Å²) < 4.78 is 0.716. The summed E-state index contributed by atoms with van der Waals surface area (Å²) in [5.41, 5.74) is 3.78. The van der Waals surface area contributed by atoms with Gasteiger partial charge in [-0.15, -0.1) is 0 Å². The van der Waals surface area contributed by atoms with Gasteiger partial charge in [0.25, 0.3) is 5.56 Å². The molecule has 1 aliphatic rings. The number of aromatic amines is 1. The number of halogens is 1. The summed E-state index contributed by atoms with van der Waals surface area (Å²) in [6, 6.07) is 2.05. The molecule has 2 heterocycles. The van der Waals surface area contributed by atoms with Crippen molar-refractivity contribution in [2.24, 2.45) is 0 Å². The number of aromatic nitrogens is 3. The Morgan fingerprint density at radius 2 is 2.11 bits per heavy atom. The lowest BCUT2D eigenvalue weighted by atomic mass is 10.1. The first-order valence-corrected chi connectivity index (χ1v) is 7.37. The van der Waals surface area contributed by atoms with Crippen LogP contribution in [0.1, 0.15) is 35.6 Å². The van der Waals surface area contributed by atoms with Crippen molar-refractivity contribution in [1.29, 1.82) is 0 Å². The molecule has 0 spiro atoms. The van der Waals surface area contributed by atoms with E-state index in [4.69, 9.17) is 0 Å². The number of H-pyrrole nitrogens is 1. The average Bonchev–Trinajstić information content (AvgIpc) is 3.17. The highest BCUT2D eigenvalue weighted by molar-refractivity contribution is 14.1. The molecule has 4 nitrogen and oxygen atoms in total. The van der Waals surface area contributed by atoms with Gasteiger partial charge in [-0.25, -0.2) is 4.98 Å². The van der Waals surface area contributed by atoms with Crippen LogP contribution in [0, 0.1) is 17.4 Å². The van der Waals surface area contributed by atoms with E-state index in [0.29, 0.717) is 15.3 Å². The van der Waals surface area contributed by atoms with Crippen molar-refractivity contribution in [2.45, 2.75) is 32.6 Å². The Morgan fingerprint density at radius 3 is 2.74 bits per heavy atom. The summed E-state index contributed by atoms with van der Waals surface area (Å²) in [6.07, 6.45) is 4.06. The molecule has 0 radical (unpaired) electrons. The number of hydrogen-bond donors (Lipinski definition) is 1. The van der Waals surface area contributed by atoms with Gasteiger partial charge in [0.05, 0.1) is 5.69 Å². The molecule has 5 heteroatoms. The Balaban J connectivity index is 2.17. The zero-order valence-electron chi connectivity index (χ0n) is 10.8. The van der Waals surface area contributed by atoms with E-state index in [0.717, 1.165) is 35.4 Å². The van der Waals surface area contributed by atoms with Crippen molar-refractivity contribution >= 4 is 22.6 Å². The topological polar surface area (TPSA) is 58.6 Å². The zero-order valence-corrected chi connectivity index (χ0v) is 13.0. The summed E-state index contributed by atoms with van der Waals surface area (Å²) >= 11 is 2.08. The van der Waals surface area contributed by atoms with E-state index in [1.54, 1.807) is 6.20 Å². The fourth-order valence-corrected chi connectivity index (χ4v) is 2.87. The predicted octanol–water partition coefficient (Wildman–Crippen LogP) is 2.93. The van der Waals surface area contributed by atoms with Gasteiger partial charge in [0.15, 0.2) is 5.82 Å². The standard InChI is InChI=1S/C14H14IN3O/c1-7-5-8(2)11(16-6-7)13-17-12(9-3-4-9)10(15)14(19)18-13/h5-6,9H,3-4H2,1-2H3,(H,17,18,19). The molecule has 3 rings (SSSR count). The Labute approximate surface area is 124 Å². The largest absolute Gasteiger partial charge is 0.304 e. The number of hydrogen-bond acceptors (Lipinski definition) is 3. The van der Waals surface area contributed by atoms with Crippen LogP contribution in [0.4, 0.5) is 0 Å². The molecule has 2 aromatic rings. The van der Waals surface area contributed by atoms with Gasteiger partial charge in [-0.3, -0.25) is 9.78 Å². The minimum atomic E-state index is -0.0609. The molecule has 0 bridgehead atoms. The highest BCUT2D eigenvalue weighted by Crippen LogP contribution is 2.40. The quantitative estimate of drug-likeness (QED) is 0.831. The molecular formula is C14H14IN3O. The smallest absolute Gasteiger partial charge is 0.264 e. The lowest BCUT2D eigenvalue weighted by molar-refractivity contribution is 0.949. The van der Waals surface area contributed by atoms with E-state index in [2.05, 4.69) is 43.6 Å². The number of aryl methyl sites for hydroxylation is 2. The molecule has 0 aliphatic heterocycles.